The third kappa shape index (κ3) is 1.97. The zero-order chi connectivity index (χ0) is 12.5. The summed E-state index contributed by atoms with van der Waals surface area (Å²) >= 11 is 1.41. The van der Waals surface area contributed by atoms with Crippen LogP contribution in [0.2, 0.25) is 0 Å². The minimum atomic E-state index is 0.0771. The van der Waals surface area contributed by atoms with Gasteiger partial charge in [-0.2, -0.15) is 0 Å². The quantitative estimate of drug-likeness (QED) is 0.799. The van der Waals surface area contributed by atoms with E-state index >= 15 is 0 Å². The maximum Gasteiger partial charge on any atom is 0.254 e. The molecule has 0 spiro atoms. The molecule has 0 saturated carbocycles. The van der Waals surface area contributed by atoms with Crippen molar-refractivity contribution in [2.45, 2.75) is 6.42 Å². The molecule has 2 heterocycles. The highest BCUT2D eigenvalue weighted by Crippen LogP contribution is 2.25. The Labute approximate surface area is 109 Å². The maximum atomic E-state index is 12.3. The Bertz CT molecular complexity index is 632. The second-order valence-corrected chi connectivity index (χ2v) is 5.31. The predicted octanol–water partition coefficient (Wildman–Crippen LogP) is 2.28. The molecule has 2 aromatic rings. The van der Waals surface area contributed by atoms with Gasteiger partial charge >= 0.3 is 0 Å². The van der Waals surface area contributed by atoms with Crippen molar-refractivity contribution in [3.63, 3.8) is 0 Å². The summed E-state index contributed by atoms with van der Waals surface area (Å²) in [6, 6.07) is 5.56. The van der Waals surface area contributed by atoms with Gasteiger partial charge in [0.15, 0.2) is 5.13 Å². The lowest BCUT2D eigenvalue weighted by Gasteiger charge is -2.23. The minimum Gasteiger partial charge on any atom is -0.375 e. The summed E-state index contributed by atoms with van der Waals surface area (Å²) in [4.78, 5) is 18.3. The number of nitrogen functional groups attached to an aromatic ring is 1. The number of carbonyl (C=O) groups is 1. The van der Waals surface area contributed by atoms with Crippen molar-refractivity contribution in [1.82, 2.24) is 9.88 Å². The largest absolute Gasteiger partial charge is 0.375 e. The van der Waals surface area contributed by atoms with Gasteiger partial charge in [-0.15, -0.1) is 0 Å². The molecule has 0 saturated heterocycles. The van der Waals surface area contributed by atoms with Crippen LogP contribution < -0.4 is 5.73 Å². The third-order valence-corrected chi connectivity index (χ3v) is 3.84. The number of amides is 1. The normalized spacial score (nSPS) is 15.2. The fourth-order valence-corrected chi connectivity index (χ4v) is 2.86. The Morgan fingerprint density at radius 3 is 3.06 bits per heavy atom. The van der Waals surface area contributed by atoms with Crippen molar-refractivity contribution in [3.05, 3.63) is 35.9 Å². The molecule has 0 unspecified atom stereocenters. The van der Waals surface area contributed by atoms with E-state index in [4.69, 9.17) is 5.73 Å². The molecule has 1 aromatic carbocycles. The molecule has 1 aromatic heterocycles. The molecule has 0 radical (unpaired) electrons. The monoisotopic (exact) mass is 259 g/mol. The highest BCUT2D eigenvalue weighted by molar-refractivity contribution is 7.22. The summed E-state index contributed by atoms with van der Waals surface area (Å²) in [7, 11) is 0. The molecular weight excluding hydrogens is 246 g/mol. The van der Waals surface area contributed by atoms with Gasteiger partial charge in [-0.3, -0.25) is 4.79 Å². The summed E-state index contributed by atoms with van der Waals surface area (Å²) in [5, 5.41) is 0.538. The Kier molecular flexibility index (Phi) is 2.76. The second-order valence-electron chi connectivity index (χ2n) is 4.25. The summed E-state index contributed by atoms with van der Waals surface area (Å²) in [5.74, 6) is 0.0771. The highest BCUT2D eigenvalue weighted by atomic mass is 32.1. The van der Waals surface area contributed by atoms with Crippen LogP contribution in [0.25, 0.3) is 10.2 Å². The zero-order valence-electron chi connectivity index (χ0n) is 9.80. The fraction of sp³-hybridized carbons (Fsp3) is 0.231. The van der Waals surface area contributed by atoms with Crippen LogP contribution >= 0.6 is 11.3 Å². The predicted molar refractivity (Wildman–Crippen MR) is 73.7 cm³/mol. The van der Waals surface area contributed by atoms with Crippen LogP contribution in [0.15, 0.2) is 30.4 Å². The van der Waals surface area contributed by atoms with E-state index in [1.807, 2.05) is 29.2 Å². The minimum absolute atomic E-state index is 0.0771. The average molecular weight is 259 g/mol. The first-order valence-corrected chi connectivity index (χ1v) is 6.66. The van der Waals surface area contributed by atoms with Crippen molar-refractivity contribution in [2.24, 2.45) is 0 Å². The molecule has 18 heavy (non-hydrogen) atoms. The third-order valence-electron chi connectivity index (χ3n) is 3.00. The topological polar surface area (TPSA) is 59.2 Å². The van der Waals surface area contributed by atoms with Gasteiger partial charge in [0.2, 0.25) is 0 Å². The van der Waals surface area contributed by atoms with Gasteiger partial charge in [0.1, 0.15) is 0 Å². The number of anilines is 1. The van der Waals surface area contributed by atoms with E-state index in [1.54, 1.807) is 0 Å². The number of nitrogens with two attached hydrogens (primary N) is 1. The summed E-state index contributed by atoms with van der Waals surface area (Å²) in [5.41, 5.74) is 7.23. The SMILES string of the molecule is Nc1nc2ccc(C(=O)N3CC=CCC3)cc2s1. The Hall–Kier alpha value is -1.88. The van der Waals surface area contributed by atoms with E-state index in [1.165, 1.54) is 11.3 Å². The van der Waals surface area contributed by atoms with Crippen LogP contribution in [-0.2, 0) is 0 Å². The second kappa shape index (κ2) is 4.42. The van der Waals surface area contributed by atoms with Crippen LogP contribution in [0, 0.1) is 0 Å². The van der Waals surface area contributed by atoms with Crippen molar-refractivity contribution in [1.29, 1.82) is 0 Å². The number of benzene rings is 1. The number of fused-ring (bicyclic) bond motifs is 1. The van der Waals surface area contributed by atoms with Gasteiger partial charge in [0.25, 0.3) is 5.91 Å². The zero-order valence-corrected chi connectivity index (χ0v) is 10.6. The standard InChI is InChI=1S/C13H13N3OS/c14-13-15-10-5-4-9(8-11(10)18-13)12(17)16-6-2-1-3-7-16/h1-2,4-5,8H,3,6-7H2,(H2,14,15). The van der Waals surface area contributed by atoms with Crippen LogP contribution in [-0.4, -0.2) is 28.9 Å². The first-order valence-electron chi connectivity index (χ1n) is 5.84. The van der Waals surface area contributed by atoms with E-state index in [0.29, 0.717) is 17.2 Å². The molecule has 1 amide bonds. The van der Waals surface area contributed by atoms with Crippen molar-refractivity contribution in [3.8, 4) is 0 Å². The van der Waals surface area contributed by atoms with E-state index in [-0.39, 0.29) is 5.91 Å². The van der Waals surface area contributed by atoms with Crippen molar-refractivity contribution >= 4 is 32.6 Å². The molecule has 4 nitrogen and oxygen atoms in total. The highest BCUT2D eigenvalue weighted by Gasteiger charge is 2.16. The molecular formula is C13H13N3OS. The van der Waals surface area contributed by atoms with Crippen LogP contribution in [0.3, 0.4) is 0 Å². The summed E-state index contributed by atoms with van der Waals surface area (Å²) in [6.07, 6.45) is 5.07. The first kappa shape index (κ1) is 11.2. The molecule has 2 N–H and O–H groups in total. The van der Waals surface area contributed by atoms with Gasteiger partial charge < -0.3 is 10.6 Å². The van der Waals surface area contributed by atoms with Gasteiger partial charge in [-0.05, 0) is 24.6 Å². The lowest BCUT2D eigenvalue weighted by molar-refractivity contribution is 0.0771. The lowest BCUT2D eigenvalue weighted by Crippen LogP contribution is -2.33. The van der Waals surface area contributed by atoms with Crippen molar-refractivity contribution in [2.75, 3.05) is 18.8 Å². The van der Waals surface area contributed by atoms with E-state index in [9.17, 15) is 4.79 Å². The molecule has 0 atom stereocenters. The smallest absolute Gasteiger partial charge is 0.254 e. The van der Waals surface area contributed by atoms with Gasteiger partial charge in [-0.1, -0.05) is 23.5 Å². The number of carbonyl (C=O) groups excluding carboxylic acids is 1. The number of nitrogens with zero attached hydrogens (tertiary/aromatic N) is 2. The van der Waals surface area contributed by atoms with Gasteiger partial charge in [0, 0.05) is 18.7 Å². The molecule has 0 bridgehead atoms. The molecule has 3 rings (SSSR count). The summed E-state index contributed by atoms with van der Waals surface area (Å²) in [6.45, 7) is 1.49. The Balaban J connectivity index is 1.93. The van der Waals surface area contributed by atoms with Gasteiger partial charge in [-0.25, -0.2) is 4.98 Å². The van der Waals surface area contributed by atoms with E-state index in [2.05, 4.69) is 11.1 Å². The van der Waals surface area contributed by atoms with Crippen LogP contribution in [0.4, 0.5) is 5.13 Å². The Morgan fingerprint density at radius 1 is 1.39 bits per heavy atom. The molecule has 5 heteroatoms. The first-order chi connectivity index (χ1) is 8.74. The Morgan fingerprint density at radius 2 is 2.28 bits per heavy atom. The number of thiazole rings is 1. The molecule has 1 aliphatic heterocycles. The van der Waals surface area contributed by atoms with E-state index in [0.717, 1.165) is 23.2 Å². The lowest BCUT2D eigenvalue weighted by atomic mass is 10.1. The van der Waals surface area contributed by atoms with E-state index < -0.39 is 0 Å². The van der Waals surface area contributed by atoms with Crippen LogP contribution in [0.5, 0.6) is 0 Å². The van der Waals surface area contributed by atoms with Crippen LogP contribution in [0.1, 0.15) is 16.8 Å². The molecule has 1 aliphatic rings. The number of hydrogen-bond acceptors (Lipinski definition) is 4. The fourth-order valence-electron chi connectivity index (χ4n) is 2.08. The average Bonchev–Trinajstić information content (AvgIpc) is 2.78. The molecule has 92 valence electrons. The van der Waals surface area contributed by atoms with Gasteiger partial charge in [0.05, 0.1) is 10.2 Å². The number of hydrogen-bond donors (Lipinski definition) is 1. The maximum absolute atomic E-state index is 12.3. The summed E-state index contributed by atoms with van der Waals surface area (Å²) < 4.78 is 0.964. The molecule has 0 aliphatic carbocycles. The molecule has 0 fully saturated rings. The van der Waals surface area contributed by atoms with Crippen molar-refractivity contribution < 1.29 is 4.79 Å². The number of rotatable bonds is 1. The number of aromatic nitrogens is 1.